The highest BCUT2D eigenvalue weighted by molar-refractivity contribution is 5.91. The third-order valence-corrected chi connectivity index (χ3v) is 3.12. The zero-order valence-electron chi connectivity index (χ0n) is 10.6. The fourth-order valence-corrected chi connectivity index (χ4v) is 2.23. The Hall–Kier alpha value is -2.44. The van der Waals surface area contributed by atoms with Crippen LogP contribution in [0.15, 0.2) is 16.9 Å². The van der Waals surface area contributed by atoms with Crippen LogP contribution in [0.5, 0.6) is 0 Å². The summed E-state index contributed by atoms with van der Waals surface area (Å²) in [6.45, 7) is 4.46. The van der Waals surface area contributed by atoms with Crippen molar-refractivity contribution < 1.29 is 9.72 Å². The number of aryl methyl sites for hydroxylation is 2. The summed E-state index contributed by atoms with van der Waals surface area (Å²) in [4.78, 5) is 33.4. The van der Waals surface area contributed by atoms with E-state index in [1.165, 1.54) is 21.3 Å². The Morgan fingerprint density at radius 3 is 2.16 bits per heavy atom. The molecule has 0 atom stereocenters. The van der Waals surface area contributed by atoms with E-state index in [0.29, 0.717) is 30.4 Å². The minimum Gasteiger partial charge on any atom is -0.298 e. The van der Waals surface area contributed by atoms with Crippen molar-refractivity contribution >= 4 is 23.0 Å². The van der Waals surface area contributed by atoms with E-state index in [2.05, 4.69) is 0 Å². The molecule has 0 saturated carbocycles. The van der Waals surface area contributed by atoms with Crippen molar-refractivity contribution in [2.75, 3.05) is 0 Å². The standard InChI is InChI=1S/C12H13N3O4/c1-3-13-10-5-8(7-16)9(15(18)19)6-11(10)14(4-2)12(13)17/h5-7H,3-4H2,1-2H3. The first-order valence-electron chi connectivity index (χ1n) is 5.91. The van der Waals surface area contributed by atoms with Crippen LogP contribution in [0.2, 0.25) is 0 Å². The molecule has 0 spiro atoms. The predicted molar refractivity (Wildman–Crippen MR) is 69.6 cm³/mol. The normalized spacial score (nSPS) is 10.8. The third kappa shape index (κ3) is 1.83. The van der Waals surface area contributed by atoms with Crippen LogP contribution in [0.4, 0.5) is 5.69 Å². The third-order valence-electron chi connectivity index (χ3n) is 3.12. The van der Waals surface area contributed by atoms with Crippen LogP contribution in [-0.2, 0) is 13.1 Å². The predicted octanol–water partition coefficient (Wildman–Crippen LogP) is 1.56. The second kappa shape index (κ2) is 4.68. The zero-order chi connectivity index (χ0) is 14.2. The number of imidazole rings is 1. The maximum atomic E-state index is 12.1. The highest BCUT2D eigenvalue weighted by Gasteiger charge is 2.20. The molecule has 0 aliphatic heterocycles. The highest BCUT2D eigenvalue weighted by atomic mass is 16.6. The quantitative estimate of drug-likeness (QED) is 0.476. The van der Waals surface area contributed by atoms with Gasteiger partial charge in [-0.25, -0.2) is 4.79 Å². The van der Waals surface area contributed by atoms with Gasteiger partial charge < -0.3 is 0 Å². The van der Waals surface area contributed by atoms with Gasteiger partial charge in [0.25, 0.3) is 5.69 Å². The summed E-state index contributed by atoms with van der Waals surface area (Å²) < 4.78 is 2.95. The van der Waals surface area contributed by atoms with Gasteiger partial charge in [0, 0.05) is 19.2 Å². The number of carbonyl (C=O) groups is 1. The van der Waals surface area contributed by atoms with E-state index in [9.17, 15) is 19.7 Å². The molecule has 100 valence electrons. The molecule has 2 rings (SSSR count). The number of nitrogens with zero attached hydrogens (tertiary/aromatic N) is 3. The average Bonchev–Trinajstić information content (AvgIpc) is 2.67. The molecule has 1 aromatic heterocycles. The molecule has 1 aromatic carbocycles. The number of fused-ring (bicyclic) bond motifs is 1. The topological polar surface area (TPSA) is 87.1 Å². The molecule has 0 fully saturated rings. The van der Waals surface area contributed by atoms with Gasteiger partial charge >= 0.3 is 5.69 Å². The highest BCUT2D eigenvalue weighted by Crippen LogP contribution is 2.24. The molecule has 0 amide bonds. The number of hydrogen-bond donors (Lipinski definition) is 0. The minimum absolute atomic E-state index is 0.0204. The van der Waals surface area contributed by atoms with Crippen LogP contribution in [0.25, 0.3) is 11.0 Å². The molecule has 0 N–H and O–H groups in total. The van der Waals surface area contributed by atoms with Crippen molar-refractivity contribution in [2.24, 2.45) is 0 Å². The lowest BCUT2D eigenvalue weighted by molar-refractivity contribution is -0.384. The molecule has 7 heteroatoms. The van der Waals surface area contributed by atoms with Crippen molar-refractivity contribution in [1.29, 1.82) is 0 Å². The maximum Gasteiger partial charge on any atom is 0.329 e. The van der Waals surface area contributed by atoms with Gasteiger partial charge in [0.2, 0.25) is 0 Å². The second-order valence-corrected chi connectivity index (χ2v) is 4.05. The molecular weight excluding hydrogens is 250 g/mol. The van der Waals surface area contributed by atoms with E-state index >= 15 is 0 Å². The maximum absolute atomic E-state index is 12.1. The first kappa shape index (κ1) is 13.0. The summed E-state index contributed by atoms with van der Waals surface area (Å²) in [6.07, 6.45) is 0.436. The number of aldehydes is 1. The first-order valence-corrected chi connectivity index (χ1v) is 5.91. The lowest BCUT2D eigenvalue weighted by Gasteiger charge is -2.00. The Morgan fingerprint density at radius 2 is 1.74 bits per heavy atom. The molecule has 2 aromatic rings. The molecule has 0 aliphatic rings. The van der Waals surface area contributed by atoms with Crippen LogP contribution >= 0.6 is 0 Å². The molecule has 1 heterocycles. The largest absolute Gasteiger partial charge is 0.329 e. The van der Waals surface area contributed by atoms with Crippen LogP contribution < -0.4 is 5.69 Å². The summed E-state index contributed by atoms with van der Waals surface area (Å²) in [6, 6.07) is 2.69. The molecular formula is C12H13N3O4. The summed E-state index contributed by atoms with van der Waals surface area (Å²) in [5, 5.41) is 10.9. The Morgan fingerprint density at radius 1 is 1.21 bits per heavy atom. The molecule has 0 saturated heterocycles. The Balaban J connectivity index is 2.96. The van der Waals surface area contributed by atoms with Crippen LogP contribution in [0, 0.1) is 10.1 Å². The van der Waals surface area contributed by atoms with Crippen LogP contribution in [0.3, 0.4) is 0 Å². The first-order chi connectivity index (χ1) is 9.04. The summed E-state index contributed by atoms with van der Waals surface area (Å²) in [5.74, 6) is 0. The van der Waals surface area contributed by atoms with Gasteiger partial charge in [0.05, 0.1) is 21.5 Å². The van der Waals surface area contributed by atoms with Gasteiger partial charge in [0.15, 0.2) is 6.29 Å². The Kier molecular flexibility index (Phi) is 3.20. The molecule has 7 nitrogen and oxygen atoms in total. The van der Waals surface area contributed by atoms with Crippen LogP contribution in [0.1, 0.15) is 24.2 Å². The summed E-state index contributed by atoms with van der Waals surface area (Å²) >= 11 is 0. The summed E-state index contributed by atoms with van der Waals surface area (Å²) in [7, 11) is 0. The molecule has 0 bridgehead atoms. The lowest BCUT2D eigenvalue weighted by atomic mass is 10.1. The van der Waals surface area contributed by atoms with Crippen molar-refractivity contribution in [2.45, 2.75) is 26.9 Å². The van der Waals surface area contributed by atoms with Gasteiger partial charge in [-0.15, -0.1) is 0 Å². The lowest BCUT2D eigenvalue weighted by Crippen LogP contribution is -2.23. The fraction of sp³-hybridized carbons (Fsp3) is 0.333. The number of benzene rings is 1. The Labute approximate surface area is 108 Å². The van der Waals surface area contributed by atoms with E-state index in [1.807, 2.05) is 6.92 Å². The van der Waals surface area contributed by atoms with Gasteiger partial charge in [-0.2, -0.15) is 0 Å². The molecule has 0 radical (unpaired) electrons. The number of nitro benzene ring substituents is 1. The van der Waals surface area contributed by atoms with E-state index in [1.54, 1.807) is 6.92 Å². The van der Waals surface area contributed by atoms with Crippen LogP contribution in [-0.4, -0.2) is 20.3 Å². The van der Waals surface area contributed by atoms with E-state index in [0.717, 1.165) is 0 Å². The fourth-order valence-electron chi connectivity index (χ4n) is 2.23. The Bertz CT molecular complexity index is 727. The minimum atomic E-state index is -0.614. The van der Waals surface area contributed by atoms with E-state index in [-0.39, 0.29) is 16.9 Å². The second-order valence-electron chi connectivity index (χ2n) is 4.05. The van der Waals surface area contributed by atoms with Crippen molar-refractivity contribution in [3.63, 3.8) is 0 Å². The zero-order valence-corrected chi connectivity index (χ0v) is 10.6. The molecule has 0 aliphatic carbocycles. The SMILES string of the molecule is CCn1c(=O)n(CC)c2cc([N+](=O)[O-])c(C=O)cc21. The average molecular weight is 263 g/mol. The van der Waals surface area contributed by atoms with Crippen molar-refractivity contribution in [3.8, 4) is 0 Å². The van der Waals surface area contributed by atoms with Crippen molar-refractivity contribution in [3.05, 3.63) is 38.3 Å². The van der Waals surface area contributed by atoms with Gasteiger partial charge in [0.1, 0.15) is 0 Å². The monoisotopic (exact) mass is 263 g/mol. The number of aromatic nitrogens is 2. The smallest absolute Gasteiger partial charge is 0.298 e. The number of rotatable bonds is 4. The number of nitro groups is 1. The van der Waals surface area contributed by atoms with Gasteiger partial charge in [-0.1, -0.05) is 0 Å². The van der Waals surface area contributed by atoms with Gasteiger partial charge in [-0.05, 0) is 19.9 Å². The molecule has 0 unspecified atom stereocenters. The van der Waals surface area contributed by atoms with E-state index < -0.39 is 4.92 Å². The van der Waals surface area contributed by atoms with Crippen molar-refractivity contribution in [1.82, 2.24) is 9.13 Å². The summed E-state index contributed by atoms with van der Waals surface area (Å²) in [5.41, 5.74) is 0.497. The molecule has 19 heavy (non-hydrogen) atoms. The number of hydrogen-bond acceptors (Lipinski definition) is 4. The van der Waals surface area contributed by atoms with Gasteiger partial charge in [-0.3, -0.25) is 24.0 Å². The van der Waals surface area contributed by atoms with E-state index in [4.69, 9.17) is 0 Å². The number of carbonyl (C=O) groups excluding carboxylic acids is 1.